The van der Waals surface area contributed by atoms with E-state index in [9.17, 15) is 0 Å². The Morgan fingerprint density at radius 1 is 0.580 bits per heavy atom. The smallest absolute Gasteiger partial charge is 0.221 e. The average molecular weight is 667 g/mol. The molecule has 1 atom stereocenters. The average Bonchev–Trinajstić information content (AvgIpc) is 3.10. The summed E-state index contributed by atoms with van der Waals surface area (Å²) in [6, 6.07) is 28.6. The van der Waals surface area contributed by atoms with Gasteiger partial charge in [-0.15, -0.1) is 0 Å². The van der Waals surface area contributed by atoms with Crippen LogP contribution in [0.5, 0.6) is 5.75 Å². The van der Waals surface area contributed by atoms with Crippen molar-refractivity contribution >= 4 is 23.6 Å². The van der Waals surface area contributed by atoms with Gasteiger partial charge < -0.3 is 14.2 Å². The first-order valence-corrected chi connectivity index (χ1v) is 16.7. The van der Waals surface area contributed by atoms with E-state index in [1.165, 1.54) is 5.56 Å². The fourth-order valence-electron chi connectivity index (χ4n) is 5.67. The summed E-state index contributed by atoms with van der Waals surface area (Å²) >= 11 is 0. The molecule has 0 bridgehead atoms. The molecule has 0 saturated carbocycles. The van der Waals surface area contributed by atoms with Crippen LogP contribution in [0.3, 0.4) is 0 Å². The van der Waals surface area contributed by atoms with E-state index in [1.807, 2.05) is 97.1 Å². The topological polar surface area (TPSA) is 123 Å². The number of nitrogens with one attached hydrogen (secondary N) is 4. The van der Waals surface area contributed by atoms with Gasteiger partial charge in [-0.2, -0.15) is 0 Å². The van der Waals surface area contributed by atoms with Gasteiger partial charge in [-0.1, -0.05) is 96.2 Å². The molecule has 0 saturated heterocycles. The van der Waals surface area contributed by atoms with Gasteiger partial charge in [-0.3, -0.25) is 21.6 Å². The van der Waals surface area contributed by atoms with Gasteiger partial charge in [0, 0.05) is 22.3 Å². The third-order valence-corrected chi connectivity index (χ3v) is 9.00. The number of ether oxygens (including phenoxy) is 3. The Hall–Kier alpha value is -5.56. The Bertz CT molecular complexity index is 1970. The lowest BCUT2D eigenvalue weighted by Gasteiger charge is -2.29. The Labute approximate surface area is 295 Å². The maximum atomic E-state index is 8.49. The third kappa shape index (κ3) is 8.53. The zero-order valence-corrected chi connectivity index (χ0v) is 29.9. The summed E-state index contributed by atoms with van der Waals surface area (Å²) < 4.78 is 16.9. The standard InChI is InChI=1S/C43H46N4O3/c1-42(2,3)35-20-16-31(17-21-35)40(46)49-38(44)29-12-8-27(9-13-29)33-24-34(26-37(25-33)48-7)28-10-14-30(15-11-28)39(45)50-41(47)32-18-22-36(23-19-32)43(4,5)6/h8-22,24-26,36,44-47H,23H2,1-7H3. The summed E-state index contributed by atoms with van der Waals surface area (Å²) in [5, 5.41) is 33.8. The highest BCUT2D eigenvalue weighted by Crippen LogP contribution is 2.34. The molecule has 256 valence electrons. The number of benzene rings is 4. The normalized spacial score (nSPS) is 14.4. The lowest BCUT2D eigenvalue weighted by Crippen LogP contribution is -2.21. The van der Waals surface area contributed by atoms with E-state index in [4.69, 9.17) is 35.8 Å². The van der Waals surface area contributed by atoms with Crippen LogP contribution in [0.1, 0.15) is 70.2 Å². The monoisotopic (exact) mass is 666 g/mol. The van der Waals surface area contributed by atoms with Crippen LogP contribution in [0.4, 0.5) is 0 Å². The van der Waals surface area contributed by atoms with Gasteiger partial charge in [0.2, 0.25) is 23.6 Å². The van der Waals surface area contributed by atoms with E-state index in [-0.39, 0.29) is 34.4 Å². The molecule has 1 aliphatic carbocycles. The van der Waals surface area contributed by atoms with Gasteiger partial charge >= 0.3 is 0 Å². The van der Waals surface area contributed by atoms with Gasteiger partial charge in [-0.05, 0) is 106 Å². The molecule has 0 aliphatic heterocycles. The van der Waals surface area contributed by atoms with Gasteiger partial charge in [-0.25, -0.2) is 0 Å². The molecule has 0 fully saturated rings. The minimum absolute atomic E-state index is 0.0127. The van der Waals surface area contributed by atoms with Crippen LogP contribution in [0.15, 0.2) is 115 Å². The molecule has 7 heteroatoms. The molecule has 5 rings (SSSR count). The van der Waals surface area contributed by atoms with E-state index >= 15 is 0 Å². The predicted octanol–water partition coefficient (Wildman–Crippen LogP) is 10.6. The van der Waals surface area contributed by atoms with Gasteiger partial charge in [0.1, 0.15) is 5.75 Å². The number of rotatable bonds is 7. The molecule has 0 radical (unpaired) electrons. The molecule has 4 aromatic rings. The van der Waals surface area contributed by atoms with E-state index < -0.39 is 0 Å². The highest BCUT2D eigenvalue weighted by atomic mass is 16.5. The molecule has 7 nitrogen and oxygen atoms in total. The fraction of sp³-hybridized carbons (Fsp3) is 0.256. The third-order valence-electron chi connectivity index (χ3n) is 9.00. The second-order valence-corrected chi connectivity index (χ2v) is 14.7. The van der Waals surface area contributed by atoms with Crippen LogP contribution < -0.4 is 4.74 Å². The molecule has 4 N–H and O–H groups in total. The second-order valence-electron chi connectivity index (χ2n) is 14.7. The van der Waals surface area contributed by atoms with E-state index in [2.05, 4.69) is 53.7 Å². The Balaban J connectivity index is 1.25. The molecule has 0 heterocycles. The summed E-state index contributed by atoms with van der Waals surface area (Å²) in [7, 11) is 1.63. The lowest BCUT2D eigenvalue weighted by molar-refractivity contribution is 0.293. The fourth-order valence-corrected chi connectivity index (χ4v) is 5.67. The largest absolute Gasteiger partial charge is 0.497 e. The number of allylic oxidation sites excluding steroid dienone is 2. The SMILES string of the molecule is COc1cc(-c2ccc(C(=N)OC(=N)C3=CCC(C(C)(C)C)C=C3)cc2)cc(-c2ccc(C(=N)OC(=N)c3ccc(C(C)(C)C)cc3)cc2)c1. The highest BCUT2D eigenvalue weighted by molar-refractivity contribution is 6.06. The van der Waals surface area contributed by atoms with Crippen LogP contribution in [-0.4, -0.2) is 30.7 Å². The van der Waals surface area contributed by atoms with Crippen LogP contribution >= 0.6 is 0 Å². The maximum Gasteiger partial charge on any atom is 0.221 e. The van der Waals surface area contributed by atoms with Crippen LogP contribution in [0, 0.1) is 33.0 Å². The summed E-state index contributed by atoms with van der Waals surface area (Å²) in [5.74, 6) is 0.816. The predicted molar refractivity (Wildman–Crippen MR) is 204 cm³/mol. The van der Waals surface area contributed by atoms with E-state index in [0.717, 1.165) is 28.7 Å². The molecule has 1 unspecified atom stereocenters. The first kappa shape index (κ1) is 35.7. The quantitative estimate of drug-likeness (QED) is 0.116. The molecule has 0 amide bonds. The van der Waals surface area contributed by atoms with Crippen molar-refractivity contribution in [3.63, 3.8) is 0 Å². The molecule has 0 spiro atoms. The van der Waals surface area contributed by atoms with Crippen molar-refractivity contribution in [1.82, 2.24) is 0 Å². The summed E-state index contributed by atoms with van der Waals surface area (Å²) in [4.78, 5) is 0. The number of hydrogen-bond donors (Lipinski definition) is 4. The number of hydrogen-bond acceptors (Lipinski definition) is 7. The zero-order valence-electron chi connectivity index (χ0n) is 29.9. The first-order chi connectivity index (χ1) is 23.6. The molecule has 4 aromatic carbocycles. The lowest BCUT2D eigenvalue weighted by atomic mass is 9.76. The second kappa shape index (κ2) is 14.5. The van der Waals surface area contributed by atoms with Crippen molar-refractivity contribution in [1.29, 1.82) is 21.6 Å². The van der Waals surface area contributed by atoms with Gasteiger partial charge in [0.25, 0.3) is 0 Å². The van der Waals surface area contributed by atoms with E-state index in [0.29, 0.717) is 33.9 Å². The molecular formula is C43H46N4O3. The Morgan fingerprint density at radius 2 is 1.02 bits per heavy atom. The van der Waals surface area contributed by atoms with Crippen molar-refractivity contribution in [2.24, 2.45) is 11.3 Å². The van der Waals surface area contributed by atoms with Crippen LogP contribution in [0.25, 0.3) is 22.3 Å². The maximum absolute atomic E-state index is 8.49. The van der Waals surface area contributed by atoms with Crippen molar-refractivity contribution < 1.29 is 14.2 Å². The summed E-state index contributed by atoms with van der Waals surface area (Å²) in [5.41, 5.74) is 7.50. The molecular weight excluding hydrogens is 620 g/mol. The zero-order chi connectivity index (χ0) is 36.2. The highest BCUT2D eigenvalue weighted by Gasteiger charge is 2.24. The minimum Gasteiger partial charge on any atom is -0.497 e. The number of methoxy groups -OCH3 is 1. The molecule has 1 aliphatic rings. The van der Waals surface area contributed by atoms with Crippen molar-refractivity contribution in [3.8, 4) is 28.0 Å². The Morgan fingerprint density at radius 3 is 1.40 bits per heavy atom. The summed E-state index contributed by atoms with van der Waals surface area (Å²) in [6.45, 7) is 13.0. The molecule has 0 aromatic heterocycles. The van der Waals surface area contributed by atoms with Crippen LogP contribution in [0.2, 0.25) is 0 Å². The molecule has 50 heavy (non-hydrogen) atoms. The van der Waals surface area contributed by atoms with Crippen molar-refractivity contribution in [3.05, 3.63) is 137 Å². The first-order valence-electron chi connectivity index (χ1n) is 16.7. The van der Waals surface area contributed by atoms with Gasteiger partial charge in [0.05, 0.1) is 7.11 Å². The van der Waals surface area contributed by atoms with Gasteiger partial charge in [0.15, 0.2) is 0 Å². The van der Waals surface area contributed by atoms with Crippen molar-refractivity contribution in [2.75, 3.05) is 7.11 Å². The van der Waals surface area contributed by atoms with E-state index in [1.54, 1.807) is 7.11 Å². The Kier molecular flexibility index (Phi) is 10.4. The minimum atomic E-state index is -0.0985. The van der Waals surface area contributed by atoms with Crippen molar-refractivity contribution in [2.45, 2.75) is 53.4 Å². The summed E-state index contributed by atoms with van der Waals surface area (Å²) in [6.07, 6.45) is 6.90. The van der Waals surface area contributed by atoms with Crippen LogP contribution in [-0.2, 0) is 14.9 Å².